The third-order valence-corrected chi connectivity index (χ3v) is 2.21. The molecule has 0 bridgehead atoms. The van der Waals surface area contributed by atoms with Gasteiger partial charge in [-0.15, -0.1) is 0 Å². The van der Waals surface area contributed by atoms with Crippen molar-refractivity contribution in [3.8, 4) is 0 Å². The van der Waals surface area contributed by atoms with Gasteiger partial charge in [0.05, 0.1) is 0 Å². The summed E-state index contributed by atoms with van der Waals surface area (Å²) >= 11 is 0. The van der Waals surface area contributed by atoms with Crippen LogP contribution in [0, 0.1) is 0 Å². The second kappa shape index (κ2) is 5.85. The van der Waals surface area contributed by atoms with E-state index in [-0.39, 0.29) is 6.42 Å². The van der Waals surface area contributed by atoms with E-state index in [2.05, 4.69) is 5.32 Å². The van der Waals surface area contributed by atoms with Gasteiger partial charge in [0.15, 0.2) is 0 Å². The Morgan fingerprint density at radius 3 is 2.18 bits per heavy atom. The molecule has 0 aromatic heterocycles. The van der Waals surface area contributed by atoms with E-state index < -0.39 is 23.6 Å². The van der Waals surface area contributed by atoms with E-state index in [9.17, 15) is 22.8 Å². The molecule has 5 nitrogen and oxygen atoms in total. The number of amides is 1. The molecule has 0 saturated heterocycles. The van der Waals surface area contributed by atoms with Gasteiger partial charge in [0.1, 0.15) is 0 Å². The van der Waals surface area contributed by atoms with Gasteiger partial charge in [-0.2, -0.15) is 13.2 Å². The fourth-order valence-electron chi connectivity index (χ4n) is 1.01. The first kappa shape index (κ1) is 15.7. The van der Waals surface area contributed by atoms with Gasteiger partial charge in [-0.3, -0.25) is 4.79 Å². The summed E-state index contributed by atoms with van der Waals surface area (Å²) in [5, 5.41) is 12.8. The summed E-state index contributed by atoms with van der Waals surface area (Å²) < 4.78 is 37.5. The van der Waals surface area contributed by atoms with Crippen LogP contribution in [-0.4, -0.2) is 42.3 Å². The van der Waals surface area contributed by atoms with Crippen LogP contribution in [-0.2, 0) is 9.59 Å². The number of carbonyl (C=O) groups is 2. The average molecular weight is 256 g/mol. The van der Waals surface area contributed by atoms with Crippen LogP contribution in [0.4, 0.5) is 13.2 Å². The topological polar surface area (TPSA) is 78.4 Å². The summed E-state index contributed by atoms with van der Waals surface area (Å²) in [6.07, 6.45) is -4.88. The van der Waals surface area contributed by atoms with Crippen molar-refractivity contribution in [2.24, 2.45) is 0 Å². The van der Waals surface area contributed by atoms with E-state index in [0.29, 0.717) is 19.9 Å². The Bertz CT molecular complexity index is 294. The summed E-state index contributed by atoms with van der Waals surface area (Å²) in [6, 6.07) is 0. The monoisotopic (exact) mass is 256 g/mol. The SMILES string of the molecule is CNCCCC(=O)NC(C)(C(=O)O)C(F)(F)F. The van der Waals surface area contributed by atoms with Crippen LogP contribution < -0.4 is 10.6 Å². The van der Waals surface area contributed by atoms with Gasteiger partial charge < -0.3 is 15.7 Å². The molecule has 1 atom stereocenters. The van der Waals surface area contributed by atoms with Crippen molar-refractivity contribution in [2.45, 2.75) is 31.5 Å². The third kappa shape index (κ3) is 4.22. The maximum Gasteiger partial charge on any atom is 0.422 e. The predicted octanol–water partition coefficient (Wildman–Crippen LogP) is 0.508. The molecule has 0 fully saturated rings. The fourth-order valence-corrected chi connectivity index (χ4v) is 1.01. The second-order valence-electron chi connectivity index (χ2n) is 3.68. The molecule has 17 heavy (non-hydrogen) atoms. The number of carboxylic acids is 1. The molecule has 0 aliphatic rings. The highest BCUT2D eigenvalue weighted by atomic mass is 19.4. The maximum atomic E-state index is 12.5. The Balaban J connectivity index is 4.58. The van der Waals surface area contributed by atoms with Gasteiger partial charge in [0.25, 0.3) is 0 Å². The molecular formula is C9H15F3N2O3. The number of halogens is 3. The zero-order chi connectivity index (χ0) is 13.7. The molecular weight excluding hydrogens is 241 g/mol. The van der Waals surface area contributed by atoms with Gasteiger partial charge in [-0.05, 0) is 26.9 Å². The third-order valence-electron chi connectivity index (χ3n) is 2.21. The summed E-state index contributed by atoms with van der Waals surface area (Å²) in [6.45, 7) is 0.883. The molecule has 0 radical (unpaired) electrons. The fraction of sp³-hybridized carbons (Fsp3) is 0.778. The van der Waals surface area contributed by atoms with E-state index in [1.165, 1.54) is 5.32 Å². The number of hydrogen-bond donors (Lipinski definition) is 3. The highest BCUT2D eigenvalue weighted by molar-refractivity contribution is 5.87. The van der Waals surface area contributed by atoms with Crippen LogP contribution in [0.2, 0.25) is 0 Å². The van der Waals surface area contributed by atoms with Crippen LogP contribution in [0.3, 0.4) is 0 Å². The Kier molecular flexibility index (Phi) is 5.40. The molecule has 0 heterocycles. The Morgan fingerprint density at radius 1 is 1.29 bits per heavy atom. The second-order valence-corrected chi connectivity index (χ2v) is 3.68. The molecule has 8 heteroatoms. The van der Waals surface area contributed by atoms with Gasteiger partial charge in [0, 0.05) is 6.42 Å². The van der Waals surface area contributed by atoms with Gasteiger partial charge in [-0.1, -0.05) is 0 Å². The van der Waals surface area contributed by atoms with Gasteiger partial charge in [0.2, 0.25) is 11.4 Å². The number of nitrogens with one attached hydrogen (secondary N) is 2. The zero-order valence-electron chi connectivity index (χ0n) is 9.52. The Hall–Kier alpha value is -1.31. The predicted molar refractivity (Wildman–Crippen MR) is 53.4 cm³/mol. The van der Waals surface area contributed by atoms with Crippen LogP contribution in [0.15, 0.2) is 0 Å². The largest absolute Gasteiger partial charge is 0.479 e. The van der Waals surface area contributed by atoms with Crippen molar-refractivity contribution in [3.63, 3.8) is 0 Å². The maximum absolute atomic E-state index is 12.5. The minimum atomic E-state index is -5.04. The molecule has 0 saturated carbocycles. The van der Waals surface area contributed by atoms with Crippen molar-refractivity contribution in [3.05, 3.63) is 0 Å². The Morgan fingerprint density at radius 2 is 1.82 bits per heavy atom. The smallest absolute Gasteiger partial charge is 0.422 e. The molecule has 1 unspecified atom stereocenters. The normalized spacial score (nSPS) is 15.1. The standard InChI is InChI=1S/C9H15F3N2O3/c1-8(7(16)17,9(10,11)12)14-6(15)4-3-5-13-2/h13H,3-5H2,1-2H3,(H,14,15)(H,16,17). The highest BCUT2D eigenvalue weighted by Crippen LogP contribution is 2.30. The van der Waals surface area contributed by atoms with Gasteiger partial charge in [-0.25, -0.2) is 4.79 Å². The molecule has 1 amide bonds. The van der Waals surface area contributed by atoms with E-state index in [4.69, 9.17) is 5.11 Å². The van der Waals surface area contributed by atoms with Crippen LogP contribution in [0.25, 0.3) is 0 Å². The van der Waals surface area contributed by atoms with Crippen molar-refractivity contribution in [1.82, 2.24) is 10.6 Å². The lowest BCUT2D eigenvalue weighted by atomic mass is 10.0. The summed E-state index contributed by atoms with van der Waals surface area (Å²) in [5.74, 6) is -3.07. The lowest BCUT2D eigenvalue weighted by Gasteiger charge is -2.28. The minimum Gasteiger partial charge on any atom is -0.479 e. The van der Waals surface area contributed by atoms with Crippen molar-refractivity contribution in [2.75, 3.05) is 13.6 Å². The molecule has 100 valence electrons. The number of rotatable bonds is 6. The molecule has 0 aromatic rings. The van der Waals surface area contributed by atoms with Crippen molar-refractivity contribution < 1.29 is 27.9 Å². The molecule has 3 N–H and O–H groups in total. The number of hydrogen-bond acceptors (Lipinski definition) is 3. The highest BCUT2D eigenvalue weighted by Gasteiger charge is 2.58. The zero-order valence-corrected chi connectivity index (χ0v) is 9.52. The van der Waals surface area contributed by atoms with E-state index in [1.807, 2.05) is 0 Å². The van der Waals surface area contributed by atoms with E-state index in [0.717, 1.165) is 0 Å². The van der Waals surface area contributed by atoms with Crippen molar-refractivity contribution in [1.29, 1.82) is 0 Å². The van der Waals surface area contributed by atoms with Gasteiger partial charge >= 0.3 is 12.1 Å². The van der Waals surface area contributed by atoms with Crippen LogP contribution in [0.1, 0.15) is 19.8 Å². The number of aliphatic carboxylic acids is 1. The van der Waals surface area contributed by atoms with Crippen molar-refractivity contribution >= 4 is 11.9 Å². The van der Waals surface area contributed by atoms with Crippen LogP contribution in [0.5, 0.6) is 0 Å². The van der Waals surface area contributed by atoms with E-state index >= 15 is 0 Å². The average Bonchev–Trinajstić information content (AvgIpc) is 2.15. The molecule has 0 aromatic carbocycles. The molecule has 0 spiro atoms. The number of alkyl halides is 3. The lowest BCUT2D eigenvalue weighted by molar-refractivity contribution is -0.207. The first-order valence-electron chi connectivity index (χ1n) is 4.91. The number of carbonyl (C=O) groups excluding carboxylic acids is 1. The van der Waals surface area contributed by atoms with E-state index in [1.54, 1.807) is 7.05 Å². The molecule has 0 aliphatic carbocycles. The molecule has 0 rings (SSSR count). The lowest BCUT2D eigenvalue weighted by Crippen LogP contribution is -2.61. The molecule has 0 aliphatic heterocycles. The summed E-state index contributed by atoms with van der Waals surface area (Å²) in [4.78, 5) is 21.8. The minimum absolute atomic E-state index is 0.167. The first-order chi connectivity index (χ1) is 7.65. The summed E-state index contributed by atoms with van der Waals surface area (Å²) in [7, 11) is 1.63. The number of carboxylic acid groups (broad SMARTS) is 1. The summed E-state index contributed by atoms with van der Waals surface area (Å²) in [5.41, 5.74) is -3.25. The Labute approximate surface area is 96.4 Å². The van der Waals surface area contributed by atoms with Crippen LogP contribution >= 0.6 is 0 Å². The first-order valence-corrected chi connectivity index (χ1v) is 4.91. The quantitative estimate of drug-likeness (QED) is 0.605.